The maximum Gasteiger partial charge on any atom is 0.311 e. The normalized spacial score (nSPS) is 23.6. The number of amides is 2. The van der Waals surface area contributed by atoms with Crippen LogP contribution in [0.5, 0.6) is 0 Å². The molecular formula is C30H29N5O4. The van der Waals surface area contributed by atoms with Crippen molar-refractivity contribution in [3.05, 3.63) is 89.8 Å². The van der Waals surface area contributed by atoms with E-state index in [2.05, 4.69) is 28.4 Å². The SMILES string of the molecule is O=C(OCC(=O)N1N=C2/C(=C\c3ccccc3)CCCC2C1c1ccccc1)C1CC(=O)N(c2cn[nH]c2)C1. The minimum absolute atomic E-state index is 0.0343. The van der Waals surface area contributed by atoms with Gasteiger partial charge in [0.25, 0.3) is 5.91 Å². The maximum atomic E-state index is 13.5. The Bertz CT molecular complexity index is 1420. The molecule has 0 radical (unpaired) electrons. The second-order valence-corrected chi connectivity index (χ2v) is 10.1. The van der Waals surface area contributed by atoms with Gasteiger partial charge in [0.2, 0.25) is 5.91 Å². The predicted octanol–water partition coefficient (Wildman–Crippen LogP) is 4.13. The highest BCUT2D eigenvalue weighted by atomic mass is 16.5. The van der Waals surface area contributed by atoms with E-state index in [4.69, 9.17) is 9.84 Å². The molecule has 3 atom stereocenters. The Balaban J connectivity index is 1.20. The quantitative estimate of drug-likeness (QED) is 0.489. The van der Waals surface area contributed by atoms with Gasteiger partial charge in [-0.1, -0.05) is 60.7 Å². The molecule has 1 aromatic heterocycles. The molecular weight excluding hydrogens is 494 g/mol. The summed E-state index contributed by atoms with van der Waals surface area (Å²) in [4.78, 5) is 40.3. The number of carbonyl (C=O) groups is 3. The number of fused-ring (bicyclic) bond motifs is 1. The molecule has 3 aromatic rings. The topological polar surface area (TPSA) is 108 Å². The summed E-state index contributed by atoms with van der Waals surface area (Å²) in [5.41, 5.74) is 4.76. The number of hydrazone groups is 1. The number of benzene rings is 2. The van der Waals surface area contributed by atoms with Crippen LogP contribution in [0.2, 0.25) is 0 Å². The Kier molecular flexibility index (Phi) is 6.79. The minimum atomic E-state index is -0.641. The number of aromatic amines is 1. The van der Waals surface area contributed by atoms with Gasteiger partial charge in [0, 0.05) is 25.1 Å². The Hall–Kier alpha value is -4.53. The van der Waals surface area contributed by atoms with Crippen molar-refractivity contribution in [3.8, 4) is 0 Å². The fourth-order valence-electron chi connectivity index (χ4n) is 5.76. The lowest BCUT2D eigenvalue weighted by atomic mass is 9.77. The summed E-state index contributed by atoms with van der Waals surface area (Å²) < 4.78 is 5.46. The molecule has 3 unspecified atom stereocenters. The third-order valence-electron chi connectivity index (χ3n) is 7.63. The van der Waals surface area contributed by atoms with E-state index in [0.717, 1.165) is 41.7 Å². The smallest absolute Gasteiger partial charge is 0.311 e. The van der Waals surface area contributed by atoms with Crippen molar-refractivity contribution < 1.29 is 19.1 Å². The van der Waals surface area contributed by atoms with E-state index in [1.54, 1.807) is 6.20 Å². The monoisotopic (exact) mass is 523 g/mol. The van der Waals surface area contributed by atoms with Crippen LogP contribution >= 0.6 is 0 Å². The van der Waals surface area contributed by atoms with Crippen molar-refractivity contribution in [2.24, 2.45) is 16.9 Å². The van der Waals surface area contributed by atoms with Crippen molar-refractivity contribution in [2.45, 2.75) is 31.7 Å². The van der Waals surface area contributed by atoms with Gasteiger partial charge < -0.3 is 9.64 Å². The van der Waals surface area contributed by atoms with Gasteiger partial charge >= 0.3 is 5.97 Å². The van der Waals surface area contributed by atoms with Crippen LogP contribution in [0.15, 0.2) is 83.7 Å². The lowest BCUT2D eigenvalue weighted by Crippen LogP contribution is -2.35. The van der Waals surface area contributed by atoms with Crippen LogP contribution in [-0.2, 0) is 19.1 Å². The van der Waals surface area contributed by atoms with Gasteiger partial charge in [-0.2, -0.15) is 10.2 Å². The minimum Gasteiger partial charge on any atom is -0.455 e. The van der Waals surface area contributed by atoms with Gasteiger partial charge in [0.15, 0.2) is 6.61 Å². The van der Waals surface area contributed by atoms with Crippen molar-refractivity contribution in [1.82, 2.24) is 15.2 Å². The number of rotatable bonds is 6. The largest absolute Gasteiger partial charge is 0.455 e. The summed E-state index contributed by atoms with van der Waals surface area (Å²) in [6, 6.07) is 19.8. The van der Waals surface area contributed by atoms with Crippen LogP contribution in [0.3, 0.4) is 0 Å². The van der Waals surface area contributed by atoms with Gasteiger partial charge in [-0.3, -0.25) is 19.5 Å². The van der Waals surface area contributed by atoms with Gasteiger partial charge in [-0.15, -0.1) is 0 Å². The van der Waals surface area contributed by atoms with Crippen molar-refractivity contribution in [3.63, 3.8) is 0 Å². The number of hydrogen-bond donors (Lipinski definition) is 1. The number of ether oxygens (including phenoxy) is 1. The second kappa shape index (κ2) is 10.7. The molecule has 9 heteroatoms. The highest BCUT2D eigenvalue weighted by Gasteiger charge is 2.44. The number of nitrogens with one attached hydrogen (secondary N) is 1. The van der Waals surface area contributed by atoms with E-state index < -0.39 is 18.5 Å². The van der Waals surface area contributed by atoms with E-state index in [9.17, 15) is 14.4 Å². The number of carbonyl (C=O) groups excluding carboxylic acids is 3. The van der Waals surface area contributed by atoms with Gasteiger partial charge in [-0.05, 0) is 42.0 Å². The number of anilines is 1. The highest BCUT2D eigenvalue weighted by molar-refractivity contribution is 6.08. The lowest BCUT2D eigenvalue weighted by molar-refractivity contribution is -0.156. The first-order valence-corrected chi connectivity index (χ1v) is 13.3. The Morgan fingerprint density at radius 1 is 1.08 bits per heavy atom. The molecule has 2 fully saturated rings. The molecule has 3 aliphatic rings. The molecule has 2 aliphatic heterocycles. The first kappa shape index (κ1) is 24.8. The Labute approximate surface area is 226 Å². The van der Waals surface area contributed by atoms with E-state index >= 15 is 0 Å². The number of nitrogens with zero attached hydrogens (tertiary/aromatic N) is 4. The standard InChI is InChI=1S/C30H29N5O4/c36-26-15-23(18-34(26)24-16-31-32-17-24)30(38)39-19-27(37)35-29(21-10-5-2-6-11-21)25-13-7-12-22(28(25)33-35)14-20-8-3-1-4-9-20/h1-6,8-11,14,16-17,23,25,29H,7,12-13,15,18-19H2,(H,31,32)/b22-14-. The molecule has 1 saturated carbocycles. The summed E-state index contributed by atoms with van der Waals surface area (Å²) in [7, 11) is 0. The summed E-state index contributed by atoms with van der Waals surface area (Å²) in [6.07, 6.45) is 8.15. The van der Waals surface area contributed by atoms with Gasteiger partial charge in [-0.25, -0.2) is 5.01 Å². The van der Waals surface area contributed by atoms with Crippen molar-refractivity contribution in [2.75, 3.05) is 18.1 Å². The van der Waals surface area contributed by atoms with Crippen molar-refractivity contribution in [1.29, 1.82) is 0 Å². The molecule has 0 spiro atoms. The van der Waals surface area contributed by atoms with Crippen LogP contribution in [0.4, 0.5) is 5.69 Å². The van der Waals surface area contributed by atoms with E-state index in [1.807, 2.05) is 48.5 Å². The first-order chi connectivity index (χ1) is 19.1. The molecule has 3 heterocycles. The molecule has 1 saturated heterocycles. The van der Waals surface area contributed by atoms with Crippen molar-refractivity contribution >= 4 is 35.3 Å². The fourth-order valence-corrected chi connectivity index (χ4v) is 5.76. The molecule has 9 nitrogen and oxygen atoms in total. The summed E-state index contributed by atoms with van der Waals surface area (Å²) in [6.45, 7) is -0.237. The van der Waals surface area contributed by atoms with Crippen LogP contribution in [-0.4, -0.2) is 51.9 Å². The first-order valence-electron chi connectivity index (χ1n) is 13.3. The number of aromatic nitrogens is 2. The van der Waals surface area contributed by atoms with E-state index in [1.165, 1.54) is 16.1 Å². The third-order valence-corrected chi connectivity index (χ3v) is 7.63. The third kappa shape index (κ3) is 4.99. The van der Waals surface area contributed by atoms with E-state index in [0.29, 0.717) is 5.69 Å². The van der Waals surface area contributed by atoms with Crippen LogP contribution in [0.25, 0.3) is 6.08 Å². The average Bonchev–Trinajstić information content (AvgIpc) is 3.71. The predicted molar refractivity (Wildman–Crippen MR) is 145 cm³/mol. The molecule has 39 heavy (non-hydrogen) atoms. The number of hydrogen-bond acceptors (Lipinski definition) is 6. The maximum absolute atomic E-state index is 13.5. The number of H-pyrrole nitrogens is 1. The lowest BCUT2D eigenvalue weighted by Gasteiger charge is -2.29. The molecule has 0 bridgehead atoms. The summed E-state index contributed by atoms with van der Waals surface area (Å²) in [5, 5.41) is 12.9. The average molecular weight is 524 g/mol. The number of esters is 1. The molecule has 198 valence electrons. The van der Waals surface area contributed by atoms with Crippen LogP contribution in [0.1, 0.15) is 42.9 Å². The zero-order valence-corrected chi connectivity index (χ0v) is 21.4. The van der Waals surface area contributed by atoms with Crippen LogP contribution in [0, 0.1) is 11.8 Å². The fraction of sp³-hybridized carbons (Fsp3) is 0.300. The second-order valence-electron chi connectivity index (χ2n) is 10.1. The molecule has 2 amide bonds. The van der Waals surface area contributed by atoms with Crippen LogP contribution < -0.4 is 4.90 Å². The molecule has 1 aliphatic carbocycles. The summed E-state index contributed by atoms with van der Waals surface area (Å²) in [5.74, 6) is -1.70. The zero-order valence-electron chi connectivity index (χ0n) is 21.4. The Morgan fingerprint density at radius 2 is 1.85 bits per heavy atom. The van der Waals surface area contributed by atoms with E-state index in [-0.39, 0.29) is 36.7 Å². The Morgan fingerprint density at radius 3 is 2.59 bits per heavy atom. The van der Waals surface area contributed by atoms with Gasteiger partial charge in [0.05, 0.1) is 29.6 Å². The number of allylic oxidation sites excluding steroid dienone is 1. The highest BCUT2D eigenvalue weighted by Crippen LogP contribution is 2.44. The molecule has 6 rings (SSSR count). The zero-order chi connectivity index (χ0) is 26.8. The molecule has 1 N–H and O–H groups in total. The molecule has 2 aromatic carbocycles. The van der Waals surface area contributed by atoms with Gasteiger partial charge in [0.1, 0.15) is 0 Å². The summed E-state index contributed by atoms with van der Waals surface area (Å²) >= 11 is 0.